The second-order valence-electron chi connectivity index (χ2n) is 14.3. The van der Waals surface area contributed by atoms with E-state index in [1.54, 1.807) is 27.0 Å². The van der Waals surface area contributed by atoms with Crippen molar-refractivity contribution in [3.05, 3.63) is 71.9 Å². The molecule has 286 valence electrons. The summed E-state index contributed by atoms with van der Waals surface area (Å²) in [5, 5.41) is 18.5. The van der Waals surface area contributed by atoms with Gasteiger partial charge < -0.3 is 41.4 Å². The number of piperidine rings is 1. The molecule has 1 aromatic heterocycles. The molecule has 0 aliphatic carbocycles. The molecule has 0 unspecified atom stereocenters. The number of carboxylic acids is 1. The van der Waals surface area contributed by atoms with Crippen LogP contribution in [-0.2, 0) is 36.8 Å². The number of H-pyrrole nitrogens is 1. The van der Waals surface area contributed by atoms with Gasteiger partial charge in [0, 0.05) is 50.1 Å². The molecule has 1 saturated heterocycles. The smallest absolute Gasteiger partial charge is 0.410 e. The summed E-state index contributed by atoms with van der Waals surface area (Å²) in [5.74, 6) is -3.01. The Morgan fingerprint density at radius 3 is 2.36 bits per heavy atom. The second-order valence-corrected chi connectivity index (χ2v) is 14.3. The molecule has 1 aliphatic heterocycles. The second kappa shape index (κ2) is 18.2. The predicted molar refractivity (Wildman–Crippen MR) is 198 cm³/mol. The summed E-state index contributed by atoms with van der Waals surface area (Å²) in [5.41, 5.74) is 6.65. The Morgan fingerprint density at radius 2 is 1.68 bits per heavy atom. The van der Waals surface area contributed by atoms with E-state index in [9.17, 15) is 33.9 Å². The zero-order valence-electron chi connectivity index (χ0n) is 30.7. The third-order valence-corrected chi connectivity index (χ3v) is 9.11. The summed E-state index contributed by atoms with van der Waals surface area (Å²) in [4.78, 5) is 84.9. The number of benzene rings is 2. The number of aromatic nitrogens is 1. The van der Waals surface area contributed by atoms with Crippen molar-refractivity contribution in [1.82, 2.24) is 30.7 Å². The molecule has 0 bridgehead atoms. The molecule has 2 aromatic carbocycles. The highest BCUT2D eigenvalue weighted by molar-refractivity contribution is 5.95. The number of aliphatic carboxylic acids is 1. The minimum atomic E-state index is -1.31. The number of primary amides is 1. The molecule has 0 radical (unpaired) electrons. The number of hydrogen-bond donors (Lipinski definition) is 6. The van der Waals surface area contributed by atoms with E-state index in [-0.39, 0.29) is 38.8 Å². The summed E-state index contributed by atoms with van der Waals surface area (Å²) < 4.78 is 5.60. The Kier molecular flexibility index (Phi) is 13.8. The fourth-order valence-corrected chi connectivity index (χ4v) is 6.39. The lowest BCUT2D eigenvalue weighted by Gasteiger charge is -2.39. The van der Waals surface area contributed by atoms with Crippen LogP contribution in [-0.4, -0.2) is 106 Å². The van der Waals surface area contributed by atoms with Gasteiger partial charge >= 0.3 is 18.1 Å². The van der Waals surface area contributed by atoms with Crippen LogP contribution in [0.3, 0.4) is 0 Å². The number of likely N-dealkylation sites (tertiary alicyclic amines) is 1. The number of amides is 6. The van der Waals surface area contributed by atoms with Crippen LogP contribution in [0.1, 0.15) is 64.0 Å². The maximum atomic E-state index is 14.5. The number of nitrogens with two attached hydrogens (primary N) is 1. The van der Waals surface area contributed by atoms with Gasteiger partial charge in [-0.05, 0) is 70.1 Å². The van der Waals surface area contributed by atoms with E-state index in [1.807, 2.05) is 54.6 Å². The van der Waals surface area contributed by atoms with Gasteiger partial charge in [-0.25, -0.2) is 14.4 Å². The third kappa shape index (κ3) is 11.4. The van der Waals surface area contributed by atoms with E-state index in [1.165, 1.54) is 16.8 Å². The van der Waals surface area contributed by atoms with Crippen molar-refractivity contribution < 1.29 is 38.6 Å². The minimum Gasteiger partial charge on any atom is -0.480 e. The Labute approximate surface area is 309 Å². The molecule has 2 heterocycles. The topological polar surface area (TPSA) is 216 Å². The van der Waals surface area contributed by atoms with Gasteiger partial charge in [-0.3, -0.25) is 19.3 Å². The monoisotopic (exact) mass is 733 g/mol. The van der Waals surface area contributed by atoms with Gasteiger partial charge in [0.15, 0.2) is 0 Å². The summed E-state index contributed by atoms with van der Waals surface area (Å²) in [7, 11) is 1.50. The van der Waals surface area contributed by atoms with E-state index < -0.39 is 65.6 Å². The summed E-state index contributed by atoms with van der Waals surface area (Å²) in [6, 6.07) is 11.5. The fraction of sp³-hybridized carbons (Fsp3) is 0.474. The van der Waals surface area contributed by atoms with Gasteiger partial charge in [0.05, 0.1) is 0 Å². The first-order valence-electron chi connectivity index (χ1n) is 17.9. The highest BCUT2D eigenvalue weighted by Gasteiger charge is 2.40. The number of para-hydroxylation sites is 1. The molecule has 0 saturated carbocycles. The molecule has 7 N–H and O–H groups in total. The molecule has 53 heavy (non-hydrogen) atoms. The number of carbonyl (C=O) groups is 6. The van der Waals surface area contributed by atoms with Crippen molar-refractivity contribution in [2.24, 2.45) is 5.73 Å². The highest BCUT2D eigenvalue weighted by Crippen LogP contribution is 2.24. The van der Waals surface area contributed by atoms with Crippen LogP contribution in [0.2, 0.25) is 0 Å². The van der Waals surface area contributed by atoms with Crippen LogP contribution in [0.15, 0.2) is 60.8 Å². The first-order valence-corrected chi connectivity index (χ1v) is 17.9. The van der Waals surface area contributed by atoms with E-state index in [2.05, 4.69) is 20.9 Å². The van der Waals surface area contributed by atoms with Crippen LogP contribution in [0.5, 0.6) is 0 Å². The largest absolute Gasteiger partial charge is 0.480 e. The van der Waals surface area contributed by atoms with Crippen LogP contribution in [0, 0.1) is 0 Å². The zero-order valence-corrected chi connectivity index (χ0v) is 30.7. The molecule has 1 fully saturated rings. The van der Waals surface area contributed by atoms with Crippen molar-refractivity contribution in [3.8, 4) is 0 Å². The van der Waals surface area contributed by atoms with Gasteiger partial charge in [0.1, 0.15) is 29.8 Å². The van der Waals surface area contributed by atoms with Gasteiger partial charge in [-0.1, -0.05) is 48.5 Å². The molecule has 6 amide bonds. The number of hydrogen-bond acceptors (Lipinski definition) is 7. The molecule has 0 spiro atoms. The molecular formula is C38H51N7O8. The molecule has 4 atom stereocenters. The number of aromatic amines is 1. The molecule has 15 nitrogen and oxygen atoms in total. The normalized spacial score (nSPS) is 16.2. The fourth-order valence-electron chi connectivity index (χ4n) is 6.39. The number of rotatable bonds is 15. The van der Waals surface area contributed by atoms with Gasteiger partial charge in [-0.2, -0.15) is 0 Å². The third-order valence-electron chi connectivity index (χ3n) is 9.11. The van der Waals surface area contributed by atoms with Crippen molar-refractivity contribution in [3.63, 3.8) is 0 Å². The van der Waals surface area contributed by atoms with Crippen LogP contribution in [0.25, 0.3) is 10.9 Å². The lowest BCUT2D eigenvalue weighted by atomic mass is 9.96. The van der Waals surface area contributed by atoms with Crippen molar-refractivity contribution in [2.45, 2.75) is 95.5 Å². The number of nitrogens with one attached hydrogen (secondary N) is 4. The van der Waals surface area contributed by atoms with Crippen molar-refractivity contribution in [2.75, 3.05) is 20.1 Å². The molecule has 15 heteroatoms. The minimum absolute atomic E-state index is 0.00597. The summed E-state index contributed by atoms with van der Waals surface area (Å²) >= 11 is 0. The quantitative estimate of drug-likeness (QED) is 0.127. The van der Waals surface area contributed by atoms with E-state index in [4.69, 9.17) is 10.5 Å². The lowest BCUT2D eigenvalue weighted by molar-refractivity contribution is -0.147. The van der Waals surface area contributed by atoms with Crippen LogP contribution in [0.4, 0.5) is 9.59 Å². The number of nitrogens with zero attached hydrogens (tertiary/aromatic N) is 2. The number of carboxylic acid groups (broad SMARTS) is 1. The number of urea groups is 1. The first kappa shape index (κ1) is 40.2. The SMILES string of the molecule is CN(C(=O)OC(C)(C)C)[C@@H](Cc1ccccc1)C(=O)N1CCCC[C@H]1C(=O)N[C@@H](Cc1c[nH]c2ccccc12)C(=O)N[C@@H](CCCNC(N)=O)C(=O)O. The lowest BCUT2D eigenvalue weighted by Crippen LogP contribution is -2.61. The zero-order chi connectivity index (χ0) is 38.7. The average molecular weight is 734 g/mol. The van der Waals surface area contributed by atoms with Gasteiger partial charge in [0.25, 0.3) is 0 Å². The first-order chi connectivity index (χ1) is 25.1. The number of carbonyl (C=O) groups excluding carboxylic acids is 5. The Morgan fingerprint density at radius 1 is 0.981 bits per heavy atom. The number of likely N-dealkylation sites (N-methyl/N-ethyl adjacent to an activating group) is 1. The maximum absolute atomic E-state index is 14.5. The Balaban J connectivity index is 1.60. The maximum Gasteiger partial charge on any atom is 0.410 e. The van der Waals surface area contributed by atoms with Gasteiger partial charge in [-0.15, -0.1) is 0 Å². The molecule has 3 aromatic rings. The highest BCUT2D eigenvalue weighted by atomic mass is 16.6. The summed E-state index contributed by atoms with van der Waals surface area (Å²) in [6.45, 7) is 5.58. The Bertz CT molecular complexity index is 1760. The Hall–Kier alpha value is -5.60. The number of fused-ring (bicyclic) bond motifs is 1. The van der Waals surface area contributed by atoms with Crippen molar-refractivity contribution in [1.29, 1.82) is 0 Å². The van der Waals surface area contributed by atoms with E-state index in [0.29, 0.717) is 19.3 Å². The van der Waals surface area contributed by atoms with Gasteiger partial charge in [0.2, 0.25) is 17.7 Å². The molecular weight excluding hydrogens is 682 g/mol. The van der Waals surface area contributed by atoms with E-state index >= 15 is 0 Å². The summed E-state index contributed by atoms with van der Waals surface area (Å²) in [6.07, 6.45) is 3.07. The average Bonchev–Trinajstić information content (AvgIpc) is 3.53. The van der Waals surface area contributed by atoms with Crippen molar-refractivity contribution >= 4 is 46.7 Å². The predicted octanol–water partition coefficient (Wildman–Crippen LogP) is 3.07. The molecule has 1 aliphatic rings. The number of ether oxygens (including phenoxy) is 1. The molecule has 4 rings (SSSR count). The van der Waals surface area contributed by atoms with E-state index in [0.717, 1.165) is 22.0 Å². The van der Waals surface area contributed by atoms with Crippen LogP contribution >= 0.6 is 0 Å². The van der Waals surface area contributed by atoms with Crippen LogP contribution < -0.4 is 21.7 Å². The standard InChI is InChI=1S/C38H51N7O8/c1-38(2,3)53-37(52)44(4)31(21-24-13-6-5-7-14-24)34(48)45-20-11-10-18-30(45)33(47)43-29(22-25-23-41-27-16-9-8-15-26(25)27)32(46)42-28(35(49)50)17-12-19-40-36(39)51/h5-9,13-16,23,28-31,41H,10-12,17-22H2,1-4H3,(H,42,46)(H,43,47)(H,49,50)(H3,39,40,51)/t28-,29-,30-,31-/m0/s1.